The summed E-state index contributed by atoms with van der Waals surface area (Å²) in [6.07, 6.45) is 5.96. The number of nitrogens with zero attached hydrogens (tertiary/aromatic N) is 4. The van der Waals surface area contributed by atoms with E-state index in [4.69, 9.17) is 38.4 Å². The molecule has 4 N–H and O–H groups in total. The Labute approximate surface area is 380 Å². The number of imidazole rings is 2. The van der Waals surface area contributed by atoms with Gasteiger partial charge in [-0.15, -0.1) is 0 Å². The first kappa shape index (κ1) is 48.3. The predicted octanol–water partition coefficient (Wildman–Crippen LogP) is 6.66. The van der Waals surface area contributed by atoms with Crippen LogP contribution in [0, 0.1) is 11.8 Å². The number of likely N-dealkylation sites (tertiary alicyclic amines) is 2. The van der Waals surface area contributed by atoms with Crippen molar-refractivity contribution in [2.75, 3.05) is 68.0 Å². The molecule has 4 heterocycles. The van der Waals surface area contributed by atoms with Crippen LogP contribution in [0.25, 0.3) is 33.6 Å². The van der Waals surface area contributed by atoms with Crippen LogP contribution in [0.5, 0.6) is 11.5 Å². The SMILES string of the molecule is CC[C@H](C)[C@H](NC(=O)OC)C(=O)N1CCC[C@H]1c1ncc(-c2ccc(-c3ccc(-c4cnc([C@@H]5CCCN5C(=O)[C@@H](NC(=O)OC)C(C)C)[nH]4)cc3)c(OCCOC)c2OCCOC)[nH]1. The van der Waals surface area contributed by atoms with Gasteiger partial charge in [0.05, 0.1) is 63.3 Å². The summed E-state index contributed by atoms with van der Waals surface area (Å²) in [4.78, 5) is 72.0. The van der Waals surface area contributed by atoms with Gasteiger partial charge in [-0.1, -0.05) is 58.4 Å². The Kier molecular flexibility index (Phi) is 16.8. The van der Waals surface area contributed by atoms with E-state index in [1.165, 1.54) is 14.2 Å². The number of H-pyrrole nitrogens is 2. The lowest BCUT2D eigenvalue weighted by Crippen LogP contribution is -2.51. The molecule has 2 fully saturated rings. The highest BCUT2D eigenvalue weighted by atomic mass is 16.6. The number of aromatic nitrogens is 4. The van der Waals surface area contributed by atoms with Crippen LogP contribution in [-0.4, -0.2) is 134 Å². The number of aromatic amines is 2. The number of ether oxygens (including phenoxy) is 6. The minimum absolute atomic E-state index is 0.110. The smallest absolute Gasteiger partial charge is 0.407 e. The van der Waals surface area contributed by atoms with Crippen molar-refractivity contribution in [2.24, 2.45) is 11.8 Å². The van der Waals surface area contributed by atoms with Crippen molar-refractivity contribution in [1.82, 2.24) is 40.4 Å². The summed E-state index contributed by atoms with van der Waals surface area (Å²) in [6, 6.07) is 9.90. The van der Waals surface area contributed by atoms with Crippen LogP contribution in [0.3, 0.4) is 0 Å². The van der Waals surface area contributed by atoms with E-state index in [9.17, 15) is 19.2 Å². The predicted molar refractivity (Wildman–Crippen MR) is 242 cm³/mol. The lowest BCUT2D eigenvalue weighted by atomic mass is 9.97. The number of rotatable bonds is 20. The highest BCUT2D eigenvalue weighted by Gasteiger charge is 2.39. The van der Waals surface area contributed by atoms with Crippen molar-refractivity contribution < 1.29 is 47.6 Å². The maximum Gasteiger partial charge on any atom is 0.407 e. The Morgan fingerprint density at radius 1 is 0.662 bits per heavy atom. The van der Waals surface area contributed by atoms with E-state index in [-0.39, 0.29) is 48.9 Å². The lowest BCUT2D eigenvalue weighted by Gasteiger charge is -2.30. The largest absolute Gasteiger partial charge is 0.487 e. The van der Waals surface area contributed by atoms with Gasteiger partial charge < -0.3 is 58.8 Å². The topological polar surface area (TPSA) is 212 Å². The number of carbonyl (C=O) groups excluding carboxylic acids is 4. The van der Waals surface area contributed by atoms with Crippen LogP contribution < -0.4 is 20.1 Å². The van der Waals surface area contributed by atoms with Crippen molar-refractivity contribution in [2.45, 2.75) is 84.0 Å². The summed E-state index contributed by atoms with van der Waals surface area (Å²) in [5.74, 6) is 1.71. The van der Waals surface area contributed by atoms with Gasteiger partial charge in [0.15, 0.2) is 11.5 Å². The van der Waals surface area contributed by atoms with Gasteiger partial charge in [0.1, 0.15) is 36.9 Å². The van der Waals surface area contributed by atoms with Gasteiger partial charge in [-0.2, -0.15) is 0 Å². The minimum atomic E-state index is -0.740. The maximum atomic E-state index is 14.0. The molecule has 4 aromatic rings. The lowest BCUT2D eigenvalue weighted by molar-refractivity contribution is -0.136. The first-order valence-corrected chi connectivity index (χ1v) is 22.4. The van der Waals surface area contributed by atoms with Crippen LogP contribution in [0.4, 0.5) is 9.59 Å². The molecule has 65 heavy (non-hydrogen) atoms. The molecule has 0 saturated carbocycles. The number of carbonyl (C=O) groups is 4. The van der Waals surface area contributed by atoms with Gasteiger partial charge in [0.2, 0.25) is 11.8 Å². The summed E-state index contributed by atoms with van der Waals surface area (Å²) >= 11 is 0. The highest BCUT2D eigenvalue weighted by molar-refractivity contribution is 5.87. The first-order valence-electron chi connectivity index (χ1n) is 22.4. The zero-order valence-electron chi connectivity index (χ0n) is 38.7. The highest BCUT2D eigenvalue weighted by Crippen LogP contribution is 2.46. The van der Waals surface area contributed by atoms with Crippen LogP contribution in [0.15, 0.2) is 48.8 Å². The van der Waals surface area contributed by atoms with Crippen LogP contribution in [-0.2, 0) is 28.5 Å². The fourth-order valence-electron chi connectivity index (χ4n) is 8.42. The molecule has 2 aliphatic rings. The maximum absolute atomic E-state index is 14.0. The molecule has 4 amide bonds. The van der Waals surface area contributed by atoms with Gasteiger partial charge in [0, 0.05) is 38.4 Å². The molecule has 2 aromatic heterocycles. The van der Waals surface area contributed by atoms with E-state index >= 15 is 0 Å². The van der Waals surface area contributed by atoms with Gasteiger partial charge in [-0.25, -0.2) is 19.6 Å². The van der Waals surface area contributed by atoms with Crippen LogP contribution in [0.2, 0.25) is 0 Å². The quantitative estimate of drug-likeness (QED) is 0.0686. The standard InChI is InChI=1S/C47H64N8O10/c1-9-29(4)39(53-47(59)63-8)45(57)55-21-11-13-37(55)43-49-27-35(51-43)33-19-18-32(40(64-24-22-60-5)41(33)65-25-23-61-6)30-14-16-31(17-15-30)34-26-48-42(50-34)36-12-10-20-54(36)44(56)38(28(2)3)52-46(58)62-7/h14-19,26-29,36-39H,9-13,20-25H2,1-8H3,(H,48,50)(H,49,51)(H,52,58)(H,53,59)/t29-,36-,37-,38-,39-/m0/s1. The van der Waals surface area contributed by atoms with E-state index in [1.807, 2.05) is 64.1 Å². The fraction of sp³-hybridized carbons (Fsp3) is 0.532. The summed E-state index contributed by atoms with van der Waals surface area (Å²) in [5, 5.41) is 5.45. The third-order valence-electron chi connectivity index (χ3n) is 12.2. The zero-order valence-corrected chi connectivity index (χ0v) is 38.7. The van der Waals surface area contributed by atoms with E-state index in [1.54, 1.807) is 36.4 Å². The molecule has 18 heteroatoms. The van der Waals surface area contributed by atoms with Crippen molar-refractivity contribution in [1.29, 1.82) is 0 Å². The van der Waals surface area contributed by atoms with E-state index in [0.717, 1.165) is 41.6 Å². The average Bonchev–Trinajstić information content (AvgIpc) is 4.17. The molecule has 18 nitrogen and oxygen atoms in total. The number of nitrogens with one attached hydrogen (secondary N) is 4. The molecule has 0 unspecified atom stereocenters. The molecular weight excluding hydrogens is 837 g/mol. The Morgan fingerprint density at radius 3 is 1.66 bits per heavy atom. The molecule has 0 spiro atoms. The Hall–Kier alpha value is -6.14. The van der Waals surface area contributed by atoms with Crippen molar-refractivity contribution in [3.8, 4) is 45.1 Å². The monoisotopic (exact) mass is 900 g/mol. The van der Waals surface area contributed by atoms with Crippen molar-refractivity contribution in [3.63, 3.8) is 0 Å². The van der Waals surface area contributed by atoms with Gasteiger partial charge in [-0.05, 0) is 60.8 Å². The minimum Gasteiger partial charge on any atom is -0.487 e. The van der Waals surface area contributed by atoms with Crippen LogP contribution in [0.1, 0.15) is 83.5 Å². The van der Waals surface area contributed by atoms with E-state index in [0.29, 0.717) is 73.6 Å². The number of amides is 4. The Morgan fingerprint density at radius 2 is 1.14 bits per heavy atom. The molecule has 0 bridgehead atoms. The van der Waals surface area contributed by atoms with Gasteiger partial charge in [0.25, 0.3) is 0 Å². The second kappa shape index (κ2) is 22.7. The van der Waals surface area contributed by atoms with Crippen LogP contribution >= 0.6 is 0 Å². The van der Waals surface area contributed by atoms with E-state index < -0.39 is 24.3 Å². The second-order valence-electron chi connectivity index (χ2n) is 16.7. The Balaban J connectivity index is 1.28. The molecule has 0 radical (unpaired) electrons. The number of methoxy groups -OCH3 is 4. The van der Waals surface area contributed by atoms with E-state index in [2.05, 4.69) is 20.6 Å². The number of benzene rings is 2. The normalized spacial score (nSPS) is 17.4. The third-order valence-corrected chi connectivity index (χ3v) is 12.2. The number of hydrogen-bond donors (Lipinski definition) is 4. The molecule has 2 aliphatic heterocycles. The summed E-state index contributed by atoms with van der Waals surface area (Å²) in [6.45, 7) is 9.97. The Bertz CT molecular complexity index is 2230. The number of alkyl carbamates (subject to hydrolysis) is 2. The third kappa shape index (κ3) is 11.2. The summed E-state index contributed by atoms with van der Waals surface area (Å²) in [5.41, 5.74) is 4.73. The molecule has 352 valence electrons. The van der Waals surface area contributed by atoms with Gasteiger partial charge in [-0.3, -0.25) is 9.59 Å². The molecule has 5 atom stereocenters. The van der Waals surface area contributed by atoms with Gasteiger partial charge >= 0.3 is 12.2 Å². The van der Waals surface area contributed by atoms with Crippen molar-refractivity contribution >= 4 is 24.0 Å². The molecule has 2 saturated heterocycles. The summed E-state index contributed by atoms with van der Waals surface area (Å²) in [7, 11) is 5.79. The fourth-order valence-corrected chi connectivity index (χ4v) is 8.42. The molecular formula is C47H64N8O10. The molecule has 2 aromatic carbocycles. The van der Waals surface area contributed by atoms with Crippen molar-refractivity contribution in [3.05, 3.63) is 60.4 Å². The zero-order chi connectivity index (χ0) is 46.6. The summed E-state index contributed by atoms with van der Waals surface area (Å²) < 4.78 is 33.3. The average molecular weight is 901 g/mol. The molecule has 6 rings (SSSR count). The second-order valence-corrected chi connectivity index (χ2v) is 16.7. The molecule has 0 aliphatic carbocycles. The first-order chi connectivity index (χ1) is 31.4. The number of hydrogen-bond acceptors (Lipinski definition) is 12.